The van der Waals surface area contributed by atoms with Crippen molar-refractivity contribution in [1.29, 1.82) is 0 Å². The van der Waals surface area contributed by atoms with E-state index in [4.69, 9.17) is 0 Å². The van der Waals surface area contributed by atoms with Crippen molar-refractivity contribution < 1.29 is 19.2 Å². The predicted molar refractivity (Wildman–Crippen MR) is 92.3 cm³/mol. The highest BCUT2D eigenvalue weighted by Gasteiger charge is 2.36. The topological polar surface area (TPSA) is 108 Å². The Hall–Kier alpha value is -2.94. The number of imide groups is 1. The van der Waals surface area contributed by atoms with Gasteiger partial charge in [0.25, 0.3) is 5.91 Å². The predicted octanol–water partition coefficient (Wildman–Crippen LogP) is 1.30. The Morgan fingerprint density at radius 3 is 2.76 bits per heavy atom. The van der Waals surface area contributed by atoms with Gasteiger partial charge in [0.2, 0.25) is 5.91 Å². The van der Waals surface area contributed by atoms with Crippen LogP contribution in [-0.4, -0.2) is 53.7 Å². The maximum Gasteiger partial charge on any atom is 0.352 e. The van der Waals surface area contributed by atoms with Crippen LogP contribution in [0.1, 0.15) is 26.3 Å². The van der Waals surface area contributed by atoms with Crippen molar-refractivity contribution in [2.45, 2.75) is 6.92 Å². The van der Waals surface area contributed by atoms with Crippen molar-refractivity contribution in [3.63, 3.8) is 0 Å². The van der Waals surface area contributed by atoms with Gasteiger partial charge in [-0.25, -0.2) is 9.79 Å². The van der Waals surface area contributed by atoms with Gasteiger partial charge in [-0.3, -0.25) is 19.3 Å². The minimum atomic E-state index is -0.687. The normalized spacial score (nSPS) is 18.8. The molecule has 1 aromatic rings. The van der Waals surface area contributed by atoms with Crippen LogP contribution in [0, 0.1) is 5.92 Å². The number of aliphatic imine (C=N–C) groups is 2. The second kappa shape index (κ2) is 6.89. The number of rotatable bonds is 5. The van der Waals surface area contributed by atoms with Crippen LogP contribution in [0.5, 0.6) is 0 Å². The maximum absolute atomic E-state index is 12.3. The number of thiophene rings is 1. The Labute approximate surface area is 146 Å². The number of nitrogens with one attached hydrogen (secondary N) is 1. The number of hydrogen-bond acceptors (Lipinski definition) is 6. The third kappa shape index (κ3) is 3.45. The summed E-state index contributed by atoms with van der Waals surface area (Å²) in [4.78, 5) is 57.2. The molecule has 2 aliphatic heterocycles. The lowest BCUT2D eigenvalue weighted by Crippen LogP contribution is -2.48. The minimum absolute atomic E-state index is 0.0131. The molecular weight excluding hydrogens is 344 g/mol. The highest BCUT2D eigenvalue weighted by molar-refractivity contribution is 7.15. The number of carbonyl (C=O) groups is 4. The van der Waals surface area contributed by atoms with Crippen molar-refractivity contribution in [2.75, 3.05) is 13.1 Å². The summed E-state index contributed by atoms with van der Waals surface area (Å²) in [5.74, 6) is -1.35. The molecular formula is C16H14N4O4S. The number of dihydropyridines is 1. The molecule has 8 nitrogen and oxygen atoms in total. The molecule has 1 N–H and O–H groups in total. The molecule has 1 unspecified atom stereocenters. The number of carbonyl (C=O) groups excluding carboxylic acids is 4. The summed E-state index contributed by atoms with van der Waals surface area (Å²) in [6, 6.07) is 2.47. The molecule has 9 heteroatoms. The van der Waals surface area contributed by atoms with E-state index in [1.807, 2.05) is 0 Å². The van der Waals surface area contributed by atoms with E-state index >= 15 is 0 Å². The molecule has 25 heavy (non-hydrogen) atoms. The molecule has 2 aliphatic rings. The first kappa shape index (κ1) is 16.9. The Morgan fingerprint density at radius 1 is 1.28 bits per heavy atom. The summed E-state index contributed by atoms with van der Waals surface area (Å²) >= 11 is 1.10. The SMILES string of the molecule is CC(=O)c1ccc(C(=O)NCCN2C(=O)N=C3N=CC=CC3C2=O)s1. The lowest BCUT2D eigenvalue weighted by Gasteiger charge is -2.27. The van der Waals surface area contributed by atoms with Gasteiger partial charge < -0.3 is 5.32 Å². The van der Waals surface area contributed by atoms with Crippen LogP contribution in [0.3, 0.4) is 0 Å². The number of fused-ring (bicyclic) bond motifs is 1. The number of urea groups is 1. The van der Waals surface area contributed by atoms with Gasteiger partial charge in [-0.15, -0.1) is 11.3 Å². The second-order valence-electron chi connectivity index (χ2n) is 5.36. The zero-order valence-electron chi connectivity index (χ0n) is 13.3. The minimum Gasteiger partial charge on any atom is -0.350 e. The van der Waals surface area contributed by atoms with Gasteiger partial charge in [-0.2, -0.15) is 4.99 Å². The van der Waals surface area contributed by atoms with E-state index in [0.29, 0.717) is 9.75 Å². The molecule has 128 valence electrons. The number of ketones is 1. The molecule has 0 bridgehead atoms. The summed E-state index contributed by atoms with van der Waals surface area (Å²) in [5, 5.41) is 2.63. The van der Waals surface area contributed by atoms with E-state index in [2.05, 4.69) is 15.3 Å². The quantitative estimate of drug-likeness (QED) is 0.800. The fourth-order valence-corrected chi connectivity index (χ4v) is 3.20. The summed E-state index contributed by atoms with van der Waals surface area (Å²) < 4.78 is 0. The van der Waals surface area contributed by atoms with Crippen molar-refractivity contribution >= 4 is 47.0 Å². The summed E-state index contributed by atoms with van der Waals surface area (Å²) in [6.07, 6.45) is 4.73. The van der Waals surface area contributed by atoms with Crippen LogP contribution in [0.15, 0.2) is 34.3 Å². The molecule has 0 radical (unpaired) electrons. The Kier molecular flexibility index (Phi) is 4.66. The summed E-state index contributed by atoms with van der Waals surface area (Å²) in [5.41, 5.74) is 0. The first-order valence-corrected chi connectivity index (χ1v) is 8.33. The van der Waals surface area contributed by atoms with Gasteiger partial charge in [0, 0.05) is 19.3 Å². The van der Waals surface area contributed by atoms with E-state index in [-0.39, 0.29) is 30.6 Å². The van der Waals surface area contributed by atoms with E-state index in [1.165, 1.54) is 13.1 Å². The molecule has 0 saturated carbocycles. The third-order valence-electron chi connectivity index (χ3n) is 3.65. The van der Waals surface area contributed by atoms with Gasteiger partial charge in [0.1, 0.15) is 11.8 Å². The molecule has 0 spiro atoms. The number of nitrogens with zero attached hydrogens (tertiary/aromatic N) is 3. The average molecular weight is 358 g/mol. The number of allylic oxidation sites excluding steroid dienone is 1. The molecule has 3 rings (SSSR count). The van der Waals surface area contributed by atoms with Gasteiger partial charge in [-0.05, 0) is 25.1 Å². The lowest BCUT2D eigenvalue weighted by molar-refractivity contribution is -0.129. The largest absolute Gasteiger partial charge is 0.352 e. The smallest absolute Gasteiger partial charge is 0.350 e. The molecule has 0 aromatic carbocycles. The average Bonchev–Trinajstić information content (AvgIpc) is 3.08. The molecule has 0 saturated heterocycles. The monoisotopic (exact) mass is 358 g/mol. The van der Waals surface area contributed by atoms with Crippen LogP contribution in [0.4, 0.5) is 4.79 Å². The van der Waals surface area contributed by atoms with E-state index in [1.54, 1.807) is 24.3 Å². The number of amidine groups is 1. The maximum atomic E-state index is 12.3. The molecule has 1 aromatic heterocycles. The molecule has 0 aliphatic carbocycles. The fraction of sp³-hybridized carbons (Fsp3) is 0.250. The summed E-state index contributed by atoms with van der Waals surface area (Å²) in [6.45, 7) is 1.53. The van der Waals surface area contributed by atoms with Crippen molar-refractivity contribution in [1.82, 2.24) is 10.2 Å². The zero-order valence-corrected chi connectivity index (χ0v) is 14.1. The van der Waals surface area contributed by atoms with E-state index in [9.17, 15) is 19.2 Å². The van der Waals surface area contributed by atoms with Crippen molar-refractivity contribution in [3.8, 4) is 0 Å². The first-order chi connectivity index (χ1) is 12.0. The summed E-state index contributed by atoms with van der Waals surface area (Å²) in [7, 11) is 0. The molecule has 1 atom stereocenters. The van der Waals surface area contributed by atoms with Crippen LogP contribution in [0.2, 0.25) is 0 Å². The number of Topliss-reactive ketones (excluding diaryl/α,β-unsaturated/α-hetero) is 1. The lowest BCUT2D eigenvalue weighted by atomic mass is 10.0. The second-order valence-corrected chi connectivity index (χ2v) is 6.44. The zero-order chi connectivity index (χ0) is 18.0. The van der Waals surface area contributed by atoms with Gasteiger partial charge in [0.05, 0.1) is 9.75 Å². The third-order valence-corrected chi connectivity index (χ3v) is 4.83. The van der Waals surface area contributed by atoms with Gasteiger partial charge in [-0.1, -0.05) is 6.08 Å². The fourth-order valence-electron chi connectivity index (χ4n) is 2.38. The first-order valence-electron chi connectivity index (χ1n) is 7.51. The van der Waals surface area contributed by atoms with Crippen molar-refractivity contribution in [2.24, 2.45) is 15.9 Å². The van der Waals surface area contributed by atoms with Gasteiger partial charge in [0.15, 0.2) is 5.78 Å². The van der Waals surface area contributed by atoms with E-state index in [0.717, 1.165) is 16.2 Å². The number of amides is 4. The van der Waals surface area contributed by atoms with Crippen LogP contribution < -0.4 is 5.32 Å². The van der Waals surface area contributed by atoms with E-state index < -0.39 is 17.9 Å². The Morgan fingerprint density at radius 2 is 2.04 bits per heavy atom. The molecule has 0 fully saturated rings. The van der Waals surface area contributed by atoms with Crippen LogP contribution >= 0.6 is 11.3 Å². The van der Waals surface area contributed by atoms with Gasteiger partial charge >= 0.3 is 6.03 Å². The Bertz CT molecular complexity index is 852. The van der Waals surface area contributed by atoms with Crippen molar-refractivity contribution in [3.05, 3.63) is 34.0 Å². The van der Waals surface area contributed by atoms with Crippen LogP contribution in [0.25, 0.3) is 0 Å². The number of hydrogen-bond donors (Lipinski definition) is 1. The highest BCUT2D eigenvalue weighted by Crippen LogP contribution is 2.19. The molecule has 3 heterocycles. The van der Waals surface area contributed by atoms with Crippen LogP contribution in [-0.2, 0) is 4.79 Å². The Balaban J connectivity index is 1.59. The standard InChI is InChI=1S/C16H14N4O4S/c1-9(21)11-4-5-12(25-11)14(22)18-7-8-20-15(23)10-3-2-6-17-13(10)19-16(20)24/h2-6,10H,7-8H2,1H3,(H,18,22). The molecule has 4 amide bonds. The highest BCUT2D eigenvalue weighted by atomic mass is 32.1.